The van der Waals surface area contributed by atoms with Crippen molar-refractivity contribution in [3.05, 3.63) is 65.7 Å². The van der Waals surface area contributed by atoms with Crippen molar-refractivity contribution < 1.29 is 30.4 Å². The van der Waals surface area contributed by atoms with E-state index in [9.17, 15) is 30.4 Å². The number of sulfone groups is 1. The van der Waals surface area contributed by atoms with E-state index < -0.39 is 36.4 Å². The average Bonchev–Trinajstić information content (AvgIpc) is 2.73. The van der Waals surface area contributed by atoms with E-state index >= 15 is 0 Å². The molecule has 1 saturated heterocycles. The molecule has 3 rings (SSSR count). The van der Waals surface area contributed by atoms with Crippen molar-refractivity contribution >= 4 is 25.8 Å². The fourth-order valence-electron chi connectivity index (χ4n) is 3.12. The molecule has 1 aliphatic rings. The maximum atomic E-state index is 12.6. The molecule has 1 fully saturated rings. The van der Waals surface area contributed by atoms with Crippen molar-refractivity contribution in [1.29, 1.82) is 0 Å². The summed E-state index contributed by atoms with van der Waals surface area (Å²) in [5, 5.41) is 0. The van der Waals surface area contributed by atoms with Crippen LogP contribution in [0.1, 0.15) is 15.9 Å². The second-order valence-corrected chi connectivity index (χ2v) is 10.6. The summed E-state index contributed by atoms with van der Waals surface area (Å²) in [6, 6.07) is 13.1. The van der Waals surface area contributed by atoms with Crippen LogP contribution in [0.25, 0.3) is 0 Å². The van der Waals surface area contributed by atoms with Gasteiger partial charge < -0.3 is 4.90 Å². The van der Waals surface area contributed by atoms with Gasteiger partial charge in [-0.25, -0.2) is 16.8 Å². The van der Waals surface area contributed by atoms with E-state index in [-0.39, 0.29) is 37.5 Å². The zero-order valence-electron chi connectivity index (χ0n) is 15.8. The van der Waals surface area contributed by atoms with Crippen LogP contribution in [-0.2, 0) is 25.6 Å². The first-order valence-electron chi connectivity index (χ1n) is 9.04. The molecule has 1 aliphatic heterocycles. The number of piperazine rings is 1. The van der Waals surface area contributed by atoms with Gasteiger partial charge in [0.15, 0.2) is 0 Å². The summed E-state index contributed by atoms with van der Waals surface area (Å²) in [4.78, 5) is 13.5. The van der Waals surface area contributed by atoms with Crippen LogP contribution in [0.5, 0.6) is 0 Å². The van der Waals surface area contributed by atoms with Crippen LogP contribution in [0.15, 0.2) is 59.5 Å². The Morgan fingerprint density at radius 3 is 1.97 bits per heavy atom. The summed E-state index contributed by atoms with van der Waals surface area (Å²) >= 11 is 0. The van der Waals surface area contributed by atoms with Crippen molar-refractivity contribution in [3.63, 3.8) is 0 Å². The lowest BCUT2D eigenvalue weighted by Crippen LogP contribution is -2.50. The maximum absolute atomic E-state index is 12.6. The molecule has 2 aromatic carbocycles. The number of benzene rings is 2. The Morgan fingerprint density at radius 2 is 1.43 bits per heavy atom. The minimum atomic E-state index is -4.73. The molecule has 0 aromatic heterocycles. The standard InChI is InChI=1S/C19H20F2N2O5S2/c20-19(21)30(27,28)17-8-6-16(7-9-17)18(24)22-10-12-23(13-11-22)29(25,26)14-15-4-2-1-3-5-15/h1-9,19H,10-14H2. The monoisotopic (exact) mass is 458 g/mol. The van der Waals surface area contributed by atoms with Gasteiger partial charge in [0.2, 0.25) is 19.9 Å². The third-order valence-corrected chi connectivity index (χ3v) is 8.02. The van der Waals surface area contributed by atoms with Crippen LogP contribution in [0, 0.1) is 0 Å². The number of amides is 1. The van der Waals surface area contributed by atoms with Crippen molar-refractivity contribution in [3.8, 4) is 0 Å². The number of carbonyl (C=O) groups is 1. The number of carbonyl (C=O) groups excluding carboxylic acids is 1. The van der Waals surface area contributed by atoms with Crippen molar-refractivity contribution in [1.82, 2.24) is 9.21 Å². The highest BCUT2D eigenvalue weighted by molar-refractivity contribution is 7.91. The Balaban J connectivity index is 1.63. The zero-order valence-corrected chi connectivity index (χ0v) is 17.5. The van der Waals surface area contributed by atoms with E-state index in [4.69, 9.17) is 0 Å². The highest BCUT2D eigenvalue weighted by atomic mass is 32.2. The Morgan fingerprint density at radius 1 is 0.867 bits per heavy atom. The van der Waals surface area contributed by atoms with Crippen molar-refractivity contribution in [2.45, 2.75) is 16.4 Å². The normalized spacial score (nSPS) is 16.0. The Kier molecular flexibility index (Phi) is 6.53. The molecule has 2 aromatic rings. The van der Waals surface area contributed by atoms with Crippen LogP contribution in [0.4, 0.5) is 8.78 Å². The van der Waals surface area contributed by atoms with E-state index in [1.807, 2.05) is 0 Å². The molecule has 30 heavy (non-hydrogen) atoms. The predicted molar refractivity (Wildman–Crippen MR) is 106 cm³/mol. The number of halogens is 2. The highest BCUT2D eigenvalue weighted by Crippen LogP contribution is 2.20. The van der Waals surface area contributed by atoms with E-state index in [0.717, 1.165) is 12.1 Å². The topological polar surface area (TPSA) is 91.8 Å². The molecule has 0 saturated carbocycles. The molecule has 0 unspecified atom stereocenters. The summed E-state index contributed by atoms with van der Waals surface area (Å²) in [7, 11) is -8.25. The summed E-state index contributed by atoms with van der Waals surface area (Å²) in [6.07, 6.45) is 0. The van der Waals surface area contributed by atoms with E-state index in [1.54, 1.807) is 30.3 Å². The fourth-order valence-corrected chi connectivity index (χ4v) is 5.36. The van der Waals surface area contributed by atoms with E-state index in [2.05, 4.69) is 0 Å². The number of alkyl halides is 2. The lowest BCUT2D eigenvalue weighted by molar-refractivity contribution is 0.0697. The van der Waals surface area contributed by atoms with Crippen LogP contribution in [0.2, 0.25) is 0 Å². The molecule has 7 nitrogen and oxygen atoms in total. The van der Waals surface area contributed by atoms with Crippen LogP contribution in [0.3, 0.4) is 0 Å². The molecule has 1 heterocycles. The smallest absolute Gasteiger partial charge is 0.336 e. The molecule has 0 atom stereocenters. The molecule has 0 aliphatic carbocycles. The first kappa shape index (κ1) is 22.3. The molecule has 0 spiro atoms. The molecule has 0 radical (unpaired) electrons. The van der Waals surface area contributed by atoms with Gasteiger partial charge in [0.1, 0.15) is 0 Å². The third-order valence-electron chi connectivity index (χ3n) is 4.78. The summed E-state index contributed by atoms with van der Waals surface area (Å²) in [6.45, 7) is 0.616. The molecular weight excluding hydrogens is 438 g/mol. The molecule has 162 valence electrons. The fraction of sp³-hybridized carbons (Fsp3) is 0.316. The number of rotatable bonds is 6. The second-order valence-electron chi connectivity index (χ2n) is 6.76. The third kappa shape index (κ3) is 4.85. The largest absolute Gasteiger partial charge is 0.341 e. The van der Waals surface area contributed by atoms with E-state index in [0.29, 0.717) is 5.56 Å². The van der Waals surface area contributed by atoms with Crippen LogP contribution < -0.4 is 0 Å². The summed E-state index contributed by atoms with van der Waals surface area (Å²) in [5.74, 6) is -4.08. The first-order valence-corrected chi connectivity index (χ1v) is 12.2. The van der Waals surface area contributed by atoms with Gasteiger partial charge in [-0.1, -0.05) is 30.3 Å². The van der Waals surface area contributed by atoms with Crippen LogP contribution >= 0.6 is 0 Å². The molecule has 0 bridgehead atoms. The van der Waals surface area contributed by atoms with E-state index in [1.165, 1.54) is 21.3 Å². The van der Waals surface area contributed by atoms with Crippen molar-refractivity contribution in [2.75, 3.05) is 26.2 Å². The summed E-state index contributed by atoms with van der Waals surface area (Å²) < 4.78 is 74.7. The minimum absolute atomic E-state index is 0.123. The number of sulfonamides is 1. The van der Waals surface area contributed by atoms with Gasteiger partial charge >= 0.3 is 5.76 Å². The SMILES string of the molecule is O=C(c1ccc(S(=O)(=O)C(F)F)cc1)N1CCN(S(=O)(=O)Cc2ccccc2)CC1. The molecule has 0 N–H and O–H groups in total. The first-order chi connectivity index (χ1) is 14.1. The summed E-state index contributed by atoms with van der Waals surface area (Å²) in [5.41, 5.74) is 0.818. The molecular formula is C19H20F2N2O5S2. The van der Waals surface area contributed by atoms with Gasteiger partial charge in [0.05, 0.1) is 10.6 Å². The Labute approximate surface area is 173 Å². The Bertz CT molecular complexity index is 1100. The van der Waals surface area contributed by atoms with Gasteiger partial charge in [0, 0.05) is 31.7 Å². The molecule has 11 heteroatoms. The predicted octanol–water partition coefficient (Wildman–Crippen LogP) is 1.97. The molecule has 1 amide bonds. The number of hydrogen-bond donors (Lipinski definition) is 0. The van der Waals surface area contributed by atoms with Crippen molar-refractivity contribution in [2.24, 2.45) is 0 Å². The highest BCUT2D eigenvalue weighted by Gasteiger charge is 2.30. The quantitative estimate of drug-likeness (QED) is 0.660. The van der Waals surface area contributed by atoms with Gasteiger partial charge in [-0.3, -0.25) is 4.79 Å². The van der Waals surface area contributed by atoms with Gasteiger partial charge in [-0.15, -0.1) is 0 Å². The lowest BCUT2D eigenvalue weighted by Gasteiger charge is -2.34. The zero-order chi connectivity index (χ0) is 21.9. The van der Waals surface area contributed by atoms with Gasteiger partial charge in [0.25, 0.3) is 5.91 Å². The second kappa shape index (κ2) is 8.78. The number of nitrogens with zero attached hydrogens (tertiary/aromatic N) is 2. The van der Waals surface area contributed by atoms with Gasteiger partial charge in [-0.05, 0) is 29.8 Å². The lowest BCUT2D eigenvalue weighted by atomic mass is 10.2. The van der Waals surface area contributed by atoms with Gasteiger partial charge in [-0.2, -0.15) is 13.1 Å². The minimum Gasteiger partial charge on any atom is -0.336 e. The maximum Gasteiger partial charge on any atom is 0.341 e. The van der Waals surface area contributed by atoms with Crippen LogP contribution in [-0.4, -0.2) is 63.9 Å². The average molecular weight is 459 g/mol. The number of hydrogen-bond acceptors (Lipinski definition) is 5. The Hall–Kier alpha value is -2.37.